The molecule has 3 heteroatoms. The third-order valence-corrected chi connectivity index (χ3v) is 4.81. The molecule has 0 amide bonds. The zero-order valence-electron chi connectivity index (χ0n) is 14.3. The number of carbonyl (C=O) groups excluding carboxylic acids is 1. The number of ether oxygens (including phenoxy) is 1. The molecule has 0 saturated carbocycles. The Morgan fingerprint density at radius 1 is 1.22 bits per heavy atom. The summed E-state index contributed by atoms with van der Waals surface area (Å²) in [6.45, 7) is 8.25. The lowest BCUT2D eigenvalue weighted by Crippen LogP contribution is -2.17. The van der Waals surface area contributed by atoms with E-state index >= 15 is 0 Å². The number of hydrogen-bond donors (Lipinski definition) is 1. The van der Waals surface area contributed by atoms with Gasteiger partial charge in [-0.2, -0.15) is 0 Å². The number of fused-ring (bicyclic) bond motifs is 1. The van der Waals surface area contributed by atoms with E-state index in [1.807, 2.05) is 0 Å². The lowest BCUT2D eigenvalue weighted by atomic mass is 9.88. The maximum atomic E-state index is 11.9. The van der Waals surface area contributed by atoms with Crippen LogP contribution in [0, 0.1) is 5.92 Å². The number of carbonyl (C=O) groups is 1. The zero-order valence-corrected chi connectivity index (χ0v) is 14.3. The Bertz CT molecular complexity index is 551. The van der Waals surface area contributed by atoms with Gasteiger partial charge < -0.3 is 9.84 Å². The third kappa shape index (κ3) is 4.93. The molecule has 1 fully saturated rings. The topological polar surface area (TPSA) is 46.5 Å². The van der Waals surface area contributed by atoms with Crippen molar-refractivity contribution in [3.63, 3.8) is 0 Å². The summed E-state index contributed by atoms with van der Waals surface area (Å²) in [4.78, 5) is 11.9. The van der Waals surface area contributed by atoms with Gasteiger partial charge >= 0.3 is 5.97 Å². The lowest BCUT2D eigenvalue weighted by molar-refractivity contribution is -0.139. The Balaban J connectivity index is 2.22. The van der Waals surface area contributed by atoms with Crippen molar-refractivity contribution in [1.82, 2.24) is 0 Å². The molecular formula is C20H28O3. The molecule has 1 N–H and O–H groups in total. The number of rotatable bonds is 1. The van der Waals surface area contributed by atoms with E-state index in [4.69, 9.17) is 4.74 Å². The van der Waals surface area contributed by atoms with Gasteiger partial charge in [0.2, 0.25) is 0 Å². The highest BCUT2D eigenvalue weighted by molar-refractivity contribution is 5.90. The maximum Gasteiger partial charge on any atom is 0.334 e. The molecule has 2 rings (SSSR count). The maximum absolute atomic E-state index is 11.9. The number of aliphatic hydroxyl groups is 1. The van der Waals surface area contributed by atoms with Crippen molar-refractivity contribution in [1.29, 1.82) is 0 Å². The van der Waals surface area contributed by atoms with Gasteiger partial charge in [0.25, 0.3) is 0 Å². The molecule has 0 bridgehead atoms. The van der Waals surface area contributed by atoms with Gasteiger partial charge in [0.1, 0.15) is 6.10 Å². The first-order valence-corrected chi connectivity index (χ1v) is 8.51. The van der Waals surface area contributed by atoms with E-state index in [-0.39, 0.29) is 24.6 Å². The number of aliphatic hydroxyl groups excluding tert-OH is 1. The van der Waals surface area contributed by atoms with Crippen molar-refractivity contribution in [2.75, 3.05) is 6.61 Å². The number of hydrogen-bond acceptors (Lipinski definition) is 3. The van der Waals surface area contributed by atoms with Gasteiger partial charge in [-0.3, -0.25) is 0 Å². The molecule has 2 atom stereocenters. The first-order valence-electron chi connectivity index (χ1n) is 8.51. The summed E-state index contributed by atoms with van der Waals surface area (Å²) in [5.41, 5.74) is 4.25. The second-order valence-corrected chi connectivity index (χ2v) is 6.73. The fourth-order valence-electron chi connectivity index (χ4n) is 3.25. The molecule has 0 aromatic rings. The lowest BCUT2D eigenvalue weighted by Gasteiger charge is -2.17. The zero-order chi connectivity index (χ0) is 16.8. The van der Waals surface area contributed by atoms with Crippen molar-refractivity contribution >= 4 is 5.97 Å². The Morgan fingerprint density at radius 3 is 2.70 bits per heavy atom. The summed E-state index contributed by atoms with van der Waals surface area (Å²) in [5, 5.41) is 9.55. The van der Waals surface area contributed by atoms with E-state index < -0.39 is 0 Å². The van der Waals surface area contributed by atoms with E-state index in [0.717, 1.165) is 37.7 Å². The smallest absolute Gasteiger partial charge is 0.334 e. The predicted molar refractivity (Wildman–Crippen MR) is 92.9 cm³/mol. The predicted octanol–water partition coefficient (Wildman–Crippen LogP) is 4.25. The van der Waals surface area contributed by atoms with E-state index in [2.05, 4.69) is 38.7 Å². The van der Waals surface area contributed by atoms with Gasteiger partial charge in [0.15, 0.2) is 0 Å². The SMILES string of the molecule is C=C1C(=O)OC2CC(C)=CCC=C(C)CCCC(CO)=CCC12. The first kappa shape index (κ1) is 17.7. The summed E-state index contributed by atoms with van der Waals surface area (Å²) in [5.74, 6) is -0.251. The van der Waals surface area contributed by atoms with E-state index in [0.29, 0.717) is 12.0 Å². The van der Waals surface area contributed by atoms with Crippen LogP contribution in [0.1, 0.15) is 52.4 Å². The molecule has 1 aliphatic carbocycles. The Morgan fingerprint density at radius 2 is 1.96 bits per heavy atom. The van der Waals surface area contributed by atoms with E-state index in [9.17, 15) is 9.90 Å². The summed E-state index contributed by atoms with van der Waals surface area (Å²) in [7, 11) is 0. The Hall–Kier alpha value is -1.61. The number of esters is 1. The van der Waals surface area contributed by atoms with Crippen molar-refractivity contribution in [3.8, 4) is 0 Å². The molecule has 1 aliphatic heterocycles. The highest BCUT2D eigenvalue weighted by atomic mass is 16.6. The molecule has 3 nitrogen and oxygen atoms in total. The van der Waals surface area contributed by atoms with Gasteiger partial charge in [-0.1, -0.05) is 36.0 Å². The molecule has 0 aromatic carbocycles. The van der Waals surface area contributed by atoms with Crippen LogP contribution in [0.5, 0.6) is 0 Å². The fraction of sp³-hybridized carbons (Fsp3) is 0.550. The van der Waals surface area contributed by atoms with Crippen molar-refractivity contribution in [3.05, 3.63) is 47.1 Å². The number of allylic oxidation sites excluding steroid dienone is 4. The molecule has 0 aromatic heterocycles. The molecule has 2 aliphatic rings. The molecule has 23 heavy (non-hydrogen) atoms. The summed E-state index contributed by atoms with van der Waals surface area (Å²) >= 11 is 0. The minimum atomic E-state index is -0.271. The van der Waals surface area contributed by atoms with Crippen LogP contribution in [0.3, 0.4) is 0 Å². The second-order valence-electron chi connectivity index (χ2n) is 6.73. The molecule has 0 spiro atoms. The average molecular weight is 316 g/mol. The van der Waals surface area contributed by atoms with Crippen LogP contribution in [0.2, 0.25) is 0 Å². The summed E-state index contributed by atoms with van der Waals surface area (Å²) in [6.07, 6.45) is 11.8. The first-order chi connectivity index (χ1) is 11.0. The van der Waals surface area contributed by atoms with Crippen molar-refractivity contribution in [2.24, 2.45) is 5.92 Å². The Labute approximate surface area is 139 Å². The summed E-state index contributed by atoms with van der Waals surface area (Å²) in [6, 6.07) is 0. The highest BCUT2D eigenvalue weighted by Crippen LogP contribution is 2.34. The Kier molecular flexibility index (Phi) is 6.40. The van der Waals surface area contributed by atoms with Crippen LogP contribution < -0.4 is 0 Å². The van der Waals surface area contributed by atoms with Crippen LogP contribution in [0.25, 0.3) is 0 Å². The monoisotopic (exact) mass is 316 g/mol. The molecule has 1 heterocycles. The highest BCUT2D eigenvalue weighted by Gasteiger charge is 2.37. The van der Waals surface area contributed by atoms with Crippen LogP contribution >= 0.6 is 0 Å². The third-order valence-electron chi connectivity index (χ3n) is 4.81. The van der Waals surface area contributed by atoms with Crippen molar-refractivity contribution < 1.29 is 14.6 Å². The van der Waals surface area contributed by atoms with Gasteiger partial charge in [0.05, 0.1) is 6.61 Å². The van der Waals surface area contributed by atoms with Gasteiger partial charge in [-0.25, -0.2) is 4.79 Å². The summed E-state index contributed by atoms with van der Waals surface area (Å²) < 4.78 is 5.51. The van der Waals surface area contributed by atoms with Gasteiger partial charge in [-0.15, -0.1) is 0 Å². The minimum absolute atomic E-state index is 0.0209. The molecule has 126 valence electrons. The molecule has 0 radical (unpaired) electrons. The molecule has 2 unspecified atom stereocenters. The van der Waals surface area contributed by atoms with Crippen LogP contribution in [0.15, 0.2) is 47.1 Å². The normalized spacial score (nSPS) is 27.3. The van der Waals surface area contributed by atoms with E-state index in [1.54, 1.807) is 0 Å². The fourth-order valence-corrected chi connectivity index (χ4v) is 3.25. The van der Waals surface area contributed by atoms with Gasteiger partial charge in [-0.05, 0) is 51.5 Å². The molecular weight excluding hydrogens is 288 g/mol. The average Bonchev–Trinajstić information content (AvgIpc) is 2.76. The van der Waals surface area contributed by atoms with Crippen LogP contribution in [-0.2, 0) is 9.53 Å². The minimum Gasteiger partial charge on any atom is -0.458 e. The van der Waals surface area contributed by atoms with Crippen molar-refractivity contribution in [2.45, 2.75) is 58.5 Å². The van der Waals surface area contributed by atoms with Crippen LogP contribution in [-0.4, -0.2) is 23.8 Å². The van der Waals surface area contributed by atoms with E-state index in [1.165, 1.54) is 11.1 Å². The molecule has 1 saturated heterocycles. The van der Waals surface area contributed by atoms with Crippen LogP contribution in [0.4, 0.5) is 0 Å². The second kappa shape index (κ2) is 8.30. The standard InChI is InChI=1S/C20H28O3/c1-14-6-4-8-15(2)12-19-18(16(3)20(22)23-19)11-10-17(13-21)9-5-7-14/h6,8,10,18-19,21H,3-5,7,9,11-13H2,1-2H3. The largest absolute Gasteiger partial charge is 0.458 e. The van der Waals surface area contributed by atoms with Gasteiger partial charge in [0, 0.05) is 17.9 Å². The quantitative estimate of drug-likeness (QED) is 0.447.